The van der Waals surface area contributed by atoms with Crippen molar-refractivity contribution in [2.75, 3.05) is 6.54 Å². The van der Waals surface area contributed by atoms with Crippen LogP contribution in [0.4, 0.5) is 0 Å². The second kappa shape index (κ2) is 10.2. The van der Waals surface area contributed by atoms with Crippen molar-refractivity contribution in [3.8, 4) is 5.75 Å². The number of para-hydroxylation sites is 1. The van der Waals surface area contributed by atoms with Gasteiger partial charge in [0.05, 0.1) is 11.1 Å². The van der Waals surface area contributed by atoms with E-state index in [1.165, 1.54) is 16.6 Å². The first-order chi connectivity index (χ1) is 16.7. The molecule has 8 nitrogen and oxygen atoms in total. The minimum Gasteiger partial charge on any atom is -0.507 e. The quantitative estimate of drug-likeness (QED) is 0.543. The summed E-state index contributed by atoms with van der Waals surface area (Å²) in [7, 11) is 0. The number of aromatic nitrogens is 1. The molecule has 1 unspecified atom stereocenters. The number of H-pyrrole nitrogens is 1. The van der Waals surface area contributed by atoms with E-state index < -0.39 is 0 Å². The van der Waals surface area contributed by atoms with Gasteiger partial charge in [0.2, 0.25) is 0 Å². The van der Waals surface area contributed by atoms with Gasteiger partial charge in [0.15, 0.2) is 5.78 Å². The number of hydrogen-bond donors (Lipinski definition) is 2. The number of rotatable bonds is 2. The molecule has 3 aromatic rings. The molecule has 0 radical (unpaired) electrons. The molecule has 2 aliphatic heterocycles. The zero-order valence-electron chi connectivity index (χ0n) is 19.5. The fourth-order valence-electron chi connectivity index (χ4n) is 4.89. The van der Waals surface area contributed by atoms with E-state index in [9.17, 15) is 9.90 Å². The zero-order chi connectivity index (χ0) is 25.8. The lowest BCUT2D eigenvalue weighted by Gasteiger charge is -2.47. The van der Waals surface area contributed by atoms with Gasteiger partial charge < -0.3 is 15.0 Å². The lowest BCUT2D eigenvalue weighted by atomic mass is 9.78. The summed E-state index contributed by atoms with van der Waals surface area (Å²) in [4.78, 5) is 51.7. The summed E-state index contributed by atoms with van der Waals surface area (Å²) < 4.78 is 0. The van der Waals surface area contributed by atoms with Crippen molar-refractivity contribution in [3.05, 3.63) is 88.3 Å². The number of allylic oxidation sites excluding steroid dienone is 2. The number of aromatic hydroxyl groups is 1. The number of carbonyl (C=O) groups excluding carboxylic acids is 5. The van der Waals surface area contributed by atoms with Gasteiger partial charge in [-0.3, -0.25) is 4.79 Å². The molecule has 35 heavy (non-hydrogen) atoms. The highest BCUT2D eigenvalue weighted by atomic mass is 16.3. The number of aromatic amines is 1. The number of aryl methyl sites for hydroxylation is 1. The Hall–Kier alpha value is -4.51. The molecule has 1 atom stereocenters. The van der Waals surface area contributed by atoms with Gasteiger partial charge in [-0.05, 0) is 62.1 Å². The van der Waals surface area contributed by atoms with Crippen molar-refractivity contribution in [3.63, 3.8) is 0 Å². The van der Waals surface area contributed by atoms with Crippen LogP contribution in [-0.2, 0) is 31.1 Å². The van der Waals surface area contributed by atoms with Gasteiger partial charge in [-0.1, -0.05) is 30.3 Å². The molecule has 0 spiro atoms. The van der Waals surface area contributed by atoms with Gasteiger partial charge in [-0.15, -0.1) is 0 Å². The first kappa shape index (κ1) is 25.1. The fourth-order valence-corrected chi connectivity index (χ4v) is 4.89. The number of benzene rings is 2. The molecule has 2 aromatic carbocycles. The minimum absolute atomic E-state index is 0.0341. The van der Waals surface area contributed by atoms with E-state index in [-0.39, 0.29) is 29.4 Å². The van der Waals surface area contributed by atoms with E-state index >= 15 is 0 Å². The van der Waals surface area contributed by atoms with Crippen molar-refractivity contribution < 1.29 is 29.1 Å². The number of phenols is 1. The molecule has 2 aliphatic rings. The lowest BCUT2D eigenvalue weighted by molar-refractivity contribution is -0.193. The molecule has 8 heteroatoms. The Bertz CT molecular complexity index is 1390. The van der Waals surface area contributed by atoms with Crippen molar-refractivity contribution >= 4 is 29.0 Å². The van der Waals surface area contributed by atoms with Gasteiger partial charge >= 0.3 is 12.3 Å². The SMILES string of the molecule is CC1=CC(C(=O)c2c(C)cccc2O)=CN2CCc3c([nH]c4ccccc34)C12C.O=C=O.O=C=O. The van der Waals surface area contributed by atoms with E-state index in [2.05, 4.69) is 48.0 Å². The predicted octanol–water partition coefficient (Wildman–Crippen LogP) is 3.81. The molecule has 0 bridgehead atoms. The Balaban J connectivity index is 0.000000520. The van der Waals surface area contributed by atoms with Crippen molar-refractivity contribution in [1.29, 1.82) is 0 Å². The van der Waals surface area contributed by atoms with Gasteiger partial charge in [0, 0.05) is 34.9 Å². The van der Waals surface area contributed by atoms with Crippen LogP contribution in [0.15, 0.2) is 65.9 Å². The molecule has 0 amide bonds. The topological polar surface area (TPSA) is 125 Å². The van der Waals surface area contributed by atoms with E-state index in [0.29, 0.717) is 11.1 Å². The van der Waals surface area contributed by atoms with E-state index in [0.717, 1.165) is 29.6 Å². The monoisotopic (exact) mass is 472 g/mol. The minimum atomic E-state index is -0.315. The van der Waals surface area contributed by atoms with E-state index in [4.69, 9.17) is 19.2 Å². The van der Waals surface area contributed by atoms with Crippen LogP contribution < -0.4 is 0 Å². The highest BCUT2D eigenvalue weighted by Crippen LogP contribution is 2.46. The molecular weight excluding hydrogens is 448 g/mol. The molecule has 178 valence electrons. The number of hydrogen-bond acceptors (Lipinski definition) is 7. The number of carbonyl (C=O) groups is 1. The maximum atomic E-state index is 13.2. The lowest BCUT2D eigenvalue weighted by Crippen LogP contribution is -2.48. The molecule has 2 N–H and O–H groups in total. The summed E-state index contributed by atoms with van der Waals surface area (Å²) in [5.41, 5.74) is 6.31. The third kappa shape index (κ3) is 4.36. The summed E-state index contributed by atoms with van der Waals surface area (Å²) in [5.74, 6) is -0.101. The normalized spacial score (nSPS) is 17.6. The molecule has 3 heterocycles. The van der Waals surface area contributed by atoms with E-state index in [1.54, 1.807) is 12.1 Å². The molecule has 0 aliphatic carbocycles. The maximum Gasteiger partial charge on any atom is 0.373 e. The van der Waals surface area contributed by atoms with Crippen LogP contribution in [0.3, 0.4) is 0 Å². The number of Topliss-reactive ketones (excluding diaryl/α,β-unsaturated/α-hetero) is 1. The maximum absolute atomic E-state index is 13.2. The second-order valence-electron chi connectivity index (χ2n) is 8.42. The van der Waals surface area contributed by atoms with Crippen LogP contribution >= 0.6 is 0 Å². The number of ketones is 1. The first-order valence-corrected chi connectivity index (χ1v) is 10.8. The van der Waals surface area contributed by atoms with Crippen LogP contribution in [0, 0.1) is 6.92 Å². The highest BCUT2D eigenvalue weighted by Gasteiger charge is 2.43. The third-order valence-electron chi connectivity index (χ3n) is 6.65. The number of phenolic OH excluding ortho intramolecular Hbond substituents is 1. The molecule has 5 rings (SSSR count). The van der Waals surface area contributed by atoms with Crippen LogP contribution in [0.1, 0.15) is 41.0 Å². The Labute approximate surface area is 201 Å². The Morgan fingerprint density at radius 3 is 2.34 bits per heavy atom. The molecule has 0 saturated carbocycles. The van der Waals surface area contributed by atoms with Gasteiger partial charge in [0.25, 0.3) is 0 Å². The zero-order valence-corrected chi connectivity index (χ0v) is 19.5. The Morgan fingerprint density at radius 2 is 1.69 bits per heavy atom. The Kier molecular flexibility index (Phi) is 7.31. The summed E-state index contributed by atoms with van der Waals surface area (Å²) in [6, 6.07) is 13.6. The van der Waals surface area contributed by atoms with Gasteiger partial charge in [-0.2, -0.15) is 19.2 Å². The summed E-state index contributed by atoms with van der Waals surface area (Å²) in [5, 5.41) is 11.5. The number of fused-ring (bicyclic) bond motifs is 5. The standard InChI is InChI=1S/C25H24N2O2.2CO2/c1-15-7-6-10-21(28)22(15)23(29)17-13-16(2)25(3)24-19(11-12-27(25)14-17)18-8-4-5-9-20(18)26-24;2*2-1-3/h4-10,13-14,26,28H,11-12H2,1-3H3;;. The predicted molar refractivity (Wildman–Crippen MR) is 125 cm³/mol. The average molecular weight is 472 g/mol. The molecular formula is C27H24N2O6. The summed E-state index contributed by atoms with van der Waals surface area (Å²) in [6.07, 6.45) is 5.37. The number of nitrogens with one attached hydrogen (secondary N) is 1. The largest absolute Gasteiger partial charge is 0.507 e. The smallest absolute Gasteiger partial charge is 0.373 e. The van der Waals surface area contributed by atoms with Crippen LogP contribution in [0.25, 0.3) is 10.9 Å². The van der Waals surface area contributed by atoms with Crippen LogP contribution in [-0.4, -0.2) is 39.6 Å². The average Bonchev–Trinajstić information content (AvgIpc) is 3.21. The Morgan fingerprint density at radius 1 is 1.03 bits per heavy atom. The molecule has 0 saturated heterocycles. The third-order valence-corrected chi connectivity index (χ3v) is 6.65. The summed E-state index contributed by atoms with van der Waals surface area (Å²) in [6.45, 7) is 7.00. The van der Waals surface area contributed by atoms with E-state index in [1.807, 2.05) is 25.3 Å². The van der Waals surface area contributed by atoms with Crippen LogP contribution in [0.2, 0.25) is 0 Å². The van der Waals surface area contributed by atoms with Crippen molar-refractivity contribution in [2.24, 2.45) is 0 Å². The van der Waals surface area contributed by atoms with Gasteiger partial charge in [-0.25, -0.2) is 0 Å². The van der Waals surface area contributed by atoms with Crippen LogP contribution in [0.5, 0.6) is 5.75 Å². The molecule has 0 fully saturated rings. The van der Waals surface area contributed by atoms with Gasteiger partial charge in [0.1, 0.15) is 5.75 Å². The fraction of sp³-hybridized carbons (Fsp3) is 0.222. The van der Waals surface area contributed by atoms with Crippen molar-refractivity contribution in [1.82, 2.24) is 9.88 Å². The first-order valence-electron chi connectivity index (χ1n) is 10.8. The summed E-state index contributed by atoms with van der Waals surface area (Å²) >= 11 is 0. The van der Waals surface area contributed by atoms with Crippen molar-refractivity contribution in [2.45, 2.75) is 32.7 Å². The molecule has 1 aromatic heterocycles. The number of nitrogens with zero attached hydrogens (tertiary/aromatic N) is 1. The second-order valence-corrected chi connectivity index (χ2v) is 8.42. The highest BCUT2D eigenvalue weighted by molar-refractivity contribution is 6.13.